The minimum Gasteiger partial charge on any atom is -0.494 e. The van der Waals surface area contributed by atoms with Crippen molar-refractivity contribution in [1.82, 2.24) is 19.2 Å². The molecule has 0 bridgehead atoms. The van der Waals surface area contributed by atoms with Gasteiger partial charge in [-0.3, -0.25) is 9.36 Å². The molecule has 2 heterocycles. The highest BCUT2D eigenvalue weighted by Crippen LogP contribution is 2.26. The number of hydrogen-bond acceptors (Lipinski definition) is 6. The molecule has 4 rings (SSSR count). The van der Waals surface area contributed by atoms with Crippen LogP contribution in [0.1, 0.15) is 45.6 Å². The summed E-state index contributed by atoms with van der Waals surface area (Å²) in [5.74, 6) is -0.132. The number of methoxy groups -OCH3 is 1. The number of aromatic nitrogens is 3. The van der Waals surface area contributed by atoms with Crippen molar-refractivity contribution in [2.45, 2.75) is 58.6 Å². The second kappa shape index (κ2) is 11.6. The summed E-state index contributed by atoms with van der Waals surface area (Å²) >= 11 is 0. The number of ketones is 1. The van der Waals surface area contributed by atoms with Gasteiger partial charge in [0, 0.05) is 31.6 Å². The summed E-state index contributed by atoms with van der Waals surface area (Å²) in [6.07, 6.45) is 2.75. The number of hydrogen-bond donors (Lipinski definition) is 1. The third-order valence-electron chi connectivity index (χ3n) is 7.07. The fourth-order valence-electron chi connectivity index (χ4n) is 4.77. The van der Waals surface area contributed by atoms with Gasteiger partial charge in [0.1, 0.15) is 0 Å². The maximum atomic E-state index is 14.1. The molecule has 8 nitrogen and oxygen atoms in total. The number of ether oxygens (including phenoxy) is 1. The van der Waals surface area contributed by atoms with Crippen molar-refractivity contribution in [2.75, 3.05) is 26.7 Å². The van der Waals surface area contributed by atoms with Crippen LogP contribution in [0.2, 0.25) is 0 Å². The van der Waals surface area contributed by atoms with Crippen LogP contribution in [0.4, 0.5) is 4.39 Å². The second-order valence-electron chi connectivity index (χ2n) is 10.8. The van der Waals surface area contributed by atoms with Gasteiger partial charge in [0.15, 0.2) is 23.2 Å². The first-order valence-electron chi connectivity index (χ1n) is 13.2. The molecule has 0 aliphatic carbocycles. The molecule has 0 amide bonds. The predicted octanol–water partition coefficient (Wildman–Crippen LogP) is 3.85. The molecule has 0 spiro atoms. The molecule has 204 valence electrons. The zero-order valence-corrected chi connectivity index (χ0v) is 22.6. The van der Waals surface area contributed by atoms with Gasteiger partial charge in [-0.05, 0) is 68.0 Å². The Morgan fingerprint density at radius 1 is 1.16 bits per heavy atom. The fourth-order valence-corrected chi connectivity index (χ4v) is 4.77. The van der Waals surface area contributed by atoms with Gasteiger partial charge < -0.3 is 14.7 Å². The molecule has 0 saturated carbocycles. The normalized spacial score (nSPS) is 15.7. The van der Waals surface area contributed by atoms with Crippen LogP contribution in [0, 0.1) is 11.7 Å². The van der Waals surface area contributed by atoms with Gasteiger partial charge in [0.2, 0.25) is 0 Å². The molecule has 3 aromatic rings. The second-order valence-corrected chi connectivity index (χ2v) is 10.8. The molecular weight excluding hydrogens is 487 g/mol. The fraction of sp³-hybridized carbons (Fsp3) is 0.483. The van der Waals surface area contributed by atoms with Crippen LogP contribution in [0.5, 0.6) is 5.75 Å². The standard InChI is InChI=1S/C29H37FN4O4/c1-20(2)17-24(35)19-33-27(22-7-10-25(30)26(18-22)38-4)31-34(28(33)36)23-8-5-21(6-9-23)11-14-32-15-12-29(3,37)13-16-32/h5-10,18,20,37H,11-17,19H2,1-4H3. The number of piperidine rings is 1. The molecular formula is C29H37FN4O4. The largest absolute Gasteiger partial charge is 0.494 e. The molecule has 1 aliphatic rings. The third kappa shape index (κ3) is 6.57. The lowest BCUT2D eigenvalue weighted by molar-refractivity contribution is -0.120. The summed E-state index contributed by atoms with van der Waals surface area (Å²) in [6, 6.07) is 11.9. The quantitative estimate of drug-likeness (QED) is 0.433. The van der Waals surface area contributed by atoms with Crippen LogP contribution in [-0.2, 0) is 17.8 Å². The van der Waals surface area contributed by atoms with Crippen molar-refractivity contribution in [2.24, 2.45) is 5.92 Å². The summed E-state index contributed by atoms with van der Waals surface area (Å²) in [6.45, 7) is 8.34. The minimum absolute atomic E-state index is 0.0335. The lowest BCUT2D eigenvalue weighted by atomic mass is 9.93. The first-order valence-corrected chi connectivity index (χ1v) is 13.2. The van der Waals surface area contributed by atoms with Crippen LogP contribution in [0.15, 0.2) is 47.3 Å². The van der Waals surface area contributed by atoms with E-state index in [4.69, 9.17) is 4.74 Å². The van der Waals surface area contributed by atoms with E-state index in [1.807, 2.05) is 45.0 Å². The molecule has 0 unspecified atom stereocenters. The van der Waals surface area contributed by atoms with Gasteiger partial charge in [0.25, 0.3) is 0 Å². The molecule has 1 aliphatic heterocycles. The van der Waals surface area contributed by atoms with Gasteiger partial charge >= 0.3 is 5.69 Å². The van der Waals surface area contributed by atoms with Gasteiger partial charge in [-0.15, -0.1) is 5.10 Å². The van der Waals surface area contributed by atoms with Crippen LogP contribution in [-0.4, -0.2) is 62.5 Å². The summed E-state index contributed by atoms with van der Waals surface area (Å²) in [5.41, 5.74) is 1.20. The maximum absolute atomic E-state index is 14.1. The van der Waals surface area contributed by atoms with E-state index in [0.717, 1.165) is 44.5 Å². The van der Waals surface area contributed by atoms with Crippen molar-refractivity contribution in [3.8, 4) is 22.8 Å². The molecule has 0 radical (unpaired) electrons. The van der Waals surface area contributed by atoms with Crippen LogP contribution in [0.3, 0.4) is 0 Å². The first-order chi connectivity index (χ1) is 18.1. The number of carbonyl (C=O) groups excluding carboxylic acids is 1. The van der Waals surface area contributed by atoms with Crippen LogP contribution < -0.4 is 10.4 Å². The molecule has 1 saturated heterocycles. The zero-order valence-electron chi connectivity index (χ0n) is 22.6. The van der Waals surface area contributed by atoms with Crippen LogP contribution in [0.25, 0.3) is 17.1 Å². The summed E-state index contributed by atoms with van der Waals surface area (Å²) < 4.78 is 21.8. The Balaban J connectivity index is 1.59. The Hall–Kier alpha value is -3.30. The Labute approximate surface area is 222 Å². The smallest absolute Gasteiger partial charge is 0.351 e. The molecule has 1 fully saturated rings. The van der Waals surface area contributed by atoms with Gasteiger partial charge in [-0.1, -0.05) is 26.0 Å². The lowest BCUT2D eigenvalue weighted by Gasteiger charge is -2.35. The van der Waals surface area contributed by atoms with E-state index in [-0.39, 0.29) is 29.8 Å². The van der Waals surface area contributed by atoms with E-state index in [2.05, 4.69) is 10.00 Å². The number of rotatable bonds is 10. The highest BCUT2D eigenvalue weighted by Gasteiger charge is 2.27. The van der Waals surface area contributed by atoms with Crippen LogP contribution >= 0.6 is 0 Å². The lowest BCUT2D eigenvalue weighted by Crippen LogP contribution is -2.43. The van der Waals surface area contributed by atoms with Crippen molar-refractivity contribution >= 4 is 5.78 Å². The highest BCUT2D eigenvalue weighted by molar-refractivity contribution is 5.79. The number of benzene rings is 2. The van der Waals surface area contributed by atoms with Gasteiger partial charge in [-0.2, -0.15) is 4.68 Å². The van der Waals surface area contributed by atoms with Crippen molar-refractivity contribution < 1.29 is 19.0 Å². The zero-order chi connectivity index (χ0) is 27.4. The minimum atomic E-state index is -0.563. The monoisotopic (exact) mass is 524 g/mol. The molecule has 38 heavy (non-hydrogen) atoms. The summed E-state index contributed by atoms with van der Waals surface area (Å²) in [5, 5.41) is 14.7. The number of carbonyl (C=O) groups is 1. The van der Waals surface area contributed by atoms with E-state index < -0.39 is 17.1 Å². The summed E-state index contributed by atoms with van der Waals surface area (Å²) in [7, 11) is 1.37. The van der Waals surface area contributed by atoms with Crippen molar-refractivity contribution in [3.63, 3.8) is 0 Å². The van der Waals surface area contributed by atoms with Crippen molar-refractivity contribution in [3.05, 3.63) is 64.3 Å². The number of likely N-dealkylation sites (tertiary alicyclic amines) is 1. The topological polar surface area (TPSA) is 89.6 Å². The molecule has 9 heteroatoms. The number of aliphatic hydroxyl groups is 1. The predicted molar refractivity (Wildman–Crippen MR) is 144 cm³/mol. The number of halogens is 1. The number of nitrogens with zero attached hydrogens (tertiary/aromatic N) is 4. The molecule has 2 aromatic carbocycles. The Morgan fingerprint density at radius 2 is 1.84 bits per heavy atom. The average Bonchev–Trinajstić information content (AvgIpc) is 3.19. The van der Waals surface area contributed by atoms with Crippen molar-refractivity contribution in [1.29, 1.82) is 0 Å². The Bertz CT molecular complexity index is 1320. The van der Waals surface area contributed by atoms with Gasteiger partial charge in [0.05, 0.1) is 24.9 Å². The third-order valence-corrected chi connectivity index (χ3v) is 7.07. The average molecular weight is 525 g/mol. The highest BCUT2D eigenvalue weighted by atomic mass is 19.1. The molecule has 0 atom stereocenters. The number of Topliss-reactive ketones (excluding diaryl/α,β-unsaturated/α-hetero) is 1. The maximum Gasteiger partial charge on any atom is 0.351 e. The SMILES string of the molecule is COc1cc(-c2nn(-c3ccc(CCN4CCC(C)(O)CC4)cc3)c(=O)n2CC(=O)CC(C)C)ccc1F. The Kier molecular flexibility index (Phi) is 8.47. The van der Waals surface area contributed by atoms with E-state index >= 15 is 0 Å². The van der Waals surface area contributed by atoms with E-state index in [1.165, 1.54) is 34.6 Å². The molecule has 1 N–H and O–H groups in total. The first kappa shape index (κ1) is 27.7. The molecule has 1 aromatic heterocycles. The Morgan fingerprint density at radius 3 is 2.47 bits per heavy atom. The van der Waals surface area contributed by atoms with E-state index in [1.54, 1.807) is 0 Å². The summed E-state index contributed by atoms with van der Waals surface area (Å²) in [4.78, 5) is 28.5. The van der Waals surface area contributed by atoms with E-state index in [0.29, 0.717) is 17.7 Å². The van der Waals surface area contributed by atoms with Gasteiger partial charge in [-0.25, -0.2) is 9.18 Å². The van der Waals surface area contributed by atoms with E-state index in [9.17, 15) is 19.1 Å².